The maximum Gasteiger partial charge on any atom is 0.251 e. The Morgan fingerprint density at radius 3 is 2.80 bits per heavy atom. The molecule has 0 bridgehead atoms. The average molecular weight is 434 g/mol. The Morgan fingerprint density at radius 2 is 2.10 bits per heavy atom. The highest BCUT2D eigenvalue weighted by atomic mass is 35.5. The van der Waals surface area contributed by atoms with Crippen LogP contribution in [0.3, 0.4) is 0 Å². The van der Waals surface area contributed by atoms with Crippen LogP contribution in [0.25, 0.3) is 0 Å². The first-order valence-electron chi connectivity index (χ1n) is 10.0. The second-order valence-corrected chi connectivity index (χ2v) is 7.87. The highest BCUT2D eigenvalue weighted by Crippen LogP contribution is 2.36. The topological polar surface area (TPSA) is 72.9 Å². The summed E-state index contributed by atoms with van der Waals surface area (Å²) in [6, 6.07) is 7.07. The summed E-state index contributed by atoms with van der Waals surface area (Å²) in [5.74, 6) is 1.85. The number of morpholine rings is 1. The number of nitrogens with one attached hydrogen (secondary N) is 1. The number of carbonyl (C=O) groups excluding carboxylic acids is 1. The molecule has 162 valence electrons. The van der Waals surface area contributed by atoms with Crippen molar-refractivity contribution in [1.29, 1.82) is 0 Å². The van der Waals surface area contributed by atoms with E-state index in [4.69, 9.17) is 25.8 Å². The van der Waals surface area contributed by atoms with Crippen molar-refractivity contribution in [3.8, 4) is 11.5 Å². The number of hydrogen-bond acceptors (Lipinski definition) is 6. The van der Waals surface area contributed by atoms with Crippen LogP contribution in [0.15, 0.2) is 30.5 Å². The van der Waals surface area contributed by atoms with E-state index in [-0.39, 0.29) is 5.91 Å². The van der Waals surface area contributed by atoms with Gasteiger partial charge in [-0.2, -0.15) is 0 Å². The molecule has 2 aromatic rings. The molecule has 7 nitrogen and oxygen atoms in total. The first-order chi connectivity index (χ1) is 14.5. The molecule has 1 aliphatic rings. The number of methoxy groups -OCH3 is 1. The van der Waals surface area contributed by atoms with Crippen molar-refractivity contribution < 1.29 is 19.0 Å². The van der Waals surface area contributed by atoms with Crippen LogP contribution < -0.4 is 19.7 Å². The van der Waals surface area contributed by atoms with E-state index in [9.17, 15) is 4.79 Å². The number of aromatic nitrogens is 1. The van der Waals surface area contributed by atoms with Crippen LogP contribution in [0.1, 0.15) is 29.8 Å². The monoisotopic (exact) mass is 433 g/mol. The first-order valence-corrected chi connectivity index (χ1v) is 10.4. The van der Waals surface area contributed by atoms with Gasteiger partial charge in [0.25, 0.3) is 5.91 Å². The molecule has 3 rings (SSSR count). The minimum atomic E-state index is -0.248. The van der Waals surface area contributed by atoms with Crippen molar-refractivity contribution in [2.24, 2.45) is 5.92 Å². The number of halogens is 1. The van der Waals surface area contributed by atoms with Crippen LogP contribution in [0, 0.1) is 5.92 Å². The van der Waals surface area contributed by atoms with Crippen LogP contribution in [0.5, 0.6) is 11.5 Å². The predicted molar refractivity (Wildman–Crippen MR) is 117 cm³/mol. The van der Waals surface area contributed by atoms with Crippen molar-refractivity contribution in [2.75, 3.05) is 44.9 Å². The normalized spacial score (nSPS) is 14.0. The van der Waals surface area contributed by atoms with Gasteiger partial charge in [0.15, 0.2) is 11.5 Å². The molecule has 1 aromatic heterocycles. The first kappa shape index (κ1) is 22.2. The van der Waals surface area contributed by atoms with Crippen LogP contribution in [-0.4, -0.2) is 50.9 Å². The molecule has 2 heterocycles. The number of carbonyl (C=O) groups is 1. The number of nitrogens with zero attached hydrogens (tertiary/aromatic N) is 2. The molecule has 0 radical (unpaired) electrons. The number of hydrogen-bond donors (Lipinski definition) is 1. The number of ether oxygens (including phenoxy) is 3. The SMILES string of the molecule is COc1cc(C(=O)NCc2cccnc2N2CCOCC2)cc(Cl)c1OCC(C)C. The van der Waals surface area contributed by atoms with Gasteiger partial charge in [-0.15, -0.1) is 0 Å². The number of pyridine rings is 1. The molecule has 8 heteroatoms. The fraction of sp³-hybridized carbons (Fsp3) is 0.455. The van der Waals surface area contributed by atoms with E-state index in [0.29, 0.717) is 54.4 Å². The Labute approximate surface area is 182 Å². The summed E-state index contributed by atoms with van der Waals surface area (Å²) in [6.45, 7) is 7.86. The van der Waals surface area contributed by atoms with E-state index in [1.54, 1.807) is 18.3 Å². The van der Waals surface area contributed by atoms with Gasteiger partial charge in [-0.3, -0.25) is 4.79 Å². The summed E-state index contributed by atoms with van der Waals surface area (Å²) in [4.78, 5) is 19.5. The summed E-state index contributed by atoms with van der Waals surface area (Å²) < 4.78 is 16.6. The Bertz CT molecular complexity index is 869. The van der Waals surface area contributed by atoms with Crippen molar-refractivity contribution in [3.63, 3.8) is 0 Å². The van der Waals surface area contributed by atoms with Crippen LogP contribution in [0.4, 0.5) is 5.82 Å². The molecular weight excluding hydrogens is 406 g/mol. The fourth-order valence-electron chi connectivity index (χ4n) is 3.15. The second kappa shape index (κ2) is 10.5. The maximum atomic E-state index is 12.8. The lowest BCUT2D eigenvalue weighted by Gasteiger charge is -2.29. The third kappa shape index (κ3) is 5.55. The number of benzene rings is 1. The van der Waals surface area contributed by atoms with Crippen LogP contribution in [0.2, 0.25) is 5.02 Å². The van der Waals surface area contributed by atoms with Gasteiger partial charge < -0.3 is 24.4 Å². The third-order valence-electron chi connectivity index (χ3n) is 4.67. The molecule has 0 unspecified atom stereocenters. The van der Waals surface area contributed by atoms with Gasteiger partial charge in [0, 0.05) is 37.0 Å². The van der Waals surface area contributed by atoms with Crippen LogP contribution in [-0.2, 0) is 11.3 Å². The summed E-state index contributed by atoms with van der Waals surface area (Å²) in [6.07, 6.45) is 1.76. The van der Waals surface area contributed by atoms with E-state index in [2.05, 4.69) is 15.2 Å². The zero-order chi connectivity index (χ0) is 21.5. The summed E-state index contributed by atoms with van der Waals surface area (Å²) in [7, 11) is 1.53. The Kier molecular flexibility index (Phi) is 7.76. The van der Waals surface area contributed by atoms with Gasteiger partial charge >= 0.3 is 0 Å². The van der Waals surface area contributed by atoms with Gasteiger partial charge in [0.05, 0.1) is 32.0 Å². The zero-order valence-electron chi connectivity index (χ0n) is 17.6. The third-order valence-corrected chi connectivity index (χ3v) is 4.95. The molecule has 1 N–H and O–H groups in total. The molecule has 0 aliphatic carbocycles. The van der Waals surface area contributed by atoms with Crippen molar-refractivity contribution in [3.05, 3.63) is 46.6 Å². The van der Waals surface area contributed by atoms with Gasteiger partial charge in [0.2, 0.25) is 0 Å². The Hall–Kier alpha value is -2.51. The Morgan fingerprint density at radius 1 is 1.33 bits per heavy atom. The highest BCUT2D eigenvalue weighted by Gasteiger charge is 2.19. The van der Waals surface area contributed by atoms with E-state index < -0.39 is 0 Å². The van der Waals surface area contributed by atoms with Gasteiger partial charge in [-0.25, -0.2) is 4.98 Å². The molecule has 30 heavy (non-hydrogen) atoms. The lowest BCUT2D eigenvalue weighted by Crippen LogP contribution is -2.37. The molecule has 1 amide bonds. The van der Waals surface area contributed by atoms with Crippen molar-refractivity contribution >= 4 is 23.3 Å². The molecule has 1 fully saturated rings. The number of anilines is 1. The minimum absolute atomic E-state index is 0.248. The fourth-order valence-corrected chi connectivity index (χ4v) is 3.41. The lowest BCUT2D eigenvalue weighted by atomic mass is 10.1. The summed E-state index contributed by atoms with van der Waals surface area (Å²) >= 11 is 6.37. The van der Waals surface area contributed by atoms with Gasteiger partial charge in [0.1, 0.15) is 5.82 Å². The highest BCUT2D eigenvalue weighted by molar-refractivity contribution is 6.32. The zero-order valence-corrected chi connectivity index (χ0v) is 18.4. The summed E-state index contributed by atoms with van der Waals surface area (Å²) in [5, 5.41) is 3.29. The smallest absolute Gasteiger partial charge is 0.251 e. The van der Waals surface area contributed by atoms with Crippen LogP contribution >= 0.6 is 11.6 Å². The number of amides is 1. The van der Waals surface area contributed by atoms with E-state index >= 15 is 0 Å². The Balaban J connectivity index is 1.72. The molecule has 1 aromatic carbocycles. The molecule has 1 aliphatic heterocycles. The molecule has 0 spiro atoms. The van der Waals surface area contributed by atoms with Crippen molar-refractivity contribution in [2.45, 2.75) is 20.4 Å². The van der Waals surface area contributed by atoms with Gasteiger partial charge in [-0.05, 0) is 24.1 Å². The maximum absolute atomic E-state index is 12.8. The average Bonchev–Trinajstić information content (AvgIpc) is 2.76. The largest absolute Gasteiger partial charge is 0.493 e. The van der Waals surface area contributed by atoms with E-state index in [0.717, 1.165) is 24.5 Å². The van der Waals surface area contributed by atoms with Gasteiger partial charge in [-0.1, -0.05) is 31.5 Å². The number of rotatable bonds is 8. The quantitative estimate of drug-likeness (QED) is 0.686. The minimum Gasteiger partial charge on any atom is -0.493 e. The molecule has 1 saturated heterocycles. The second-order valence-electron chi connectivity index (χ2n) is 7.46. The van der Waals surface area contributed by atoms with E-state index in [1.165, 1.54) is 7.11 Å². The lowest BCUT2D eigenvalue weighted by molar-refractivity contribution is 0.0950. The molecule has 0 saturated carbocycles. The van der Waals surface area contributed by atoms with E-state index in [1.807, 2.05) is 26.0 Å². The molecule has 0 atom stereocenters. The predicted octanol–water partition coefficient (Wildman–Crippen LogP) is 3.55. The molecular formula is C22H28ClN3O4. The van der Waals surface area contributed by atoms with Crippen molar-refractivity contribution in [1.82, 2.24) is 10.3 Å². The summed E-state index contributed by atoms with van der Waals surface area (Å²) in [5.41, 5.74) is 1.35. The standard InChI is InChI=1S/C22H28ClN3O4/c1-15(2)14-30-20-18(23)11-17(12-19(20)28-3)22(27)25-13-16-5-4-6-24-21(16)26-7-9-29-10-8-26/h4-6,11-12,15H,7-10,13-14H2,1-3H3,(H,25,27).